The fraction of sp³-hybridized carbons (Fsp3) is 0.524. The minimum absolute atomic E-state index is 0. The van der Waals surface area contributed by atoms with Crippen molar-refractivity contribution in [1.29, 1.82) is 0 Å². The number of hydrogen-bond acceptors (Lipinski definition) is 5. The number of thiophene rings is 1. The summed E-state index contributed by atoms with van der Waals surface area (Å²) in [5.74, 6) is 1.75. The molecule has 0 aliphatic carbocycles. The number of anilines is 1. The maximum absolute atomic E-state index is 10.7. The highest BCUT2D eigenvalue weighted by molar-refractivity contribution is 14.0. The number of halogens is 1. The van der Waals surface area contributed by atoms with Crippen LogP contribution in [0.4, 0.5) is 5.82 Å². The lowest BCUT2D eigenvalue weighted by Crippen LogP contribution is -2.44. The molecular weight excluding hydrogens is 497 g/mol. The summed E-state index contributed by atoms with van der Waals surface area (Å²) in [7, 11) is 0. The molecule has 6 nitrogen and oxygen atoms in total. The Kier molecular flexibility index (Phi) is 9.64. The zero-order chi connectivity index (χ0) is 19.8. The third-order valence-corrected chi connectivity index (χ3v) is 6.03. The molecule has 3 heterocycles. The van der Waals surface area contributed by atoms with E-state index in [1.165, 1.54) is 19.3 Å². The molecule has 0 radical (unpaired) electrons. The van der Waals surface area contributed by atoms with E-state index in [-0.39, 0.29) is 24.0 Å². The number of aromatic nitrogens is 1. The number of nitrogens with one attached hydrogen (secondary N) is 2. The van der Waals surface area contributed by atoms with Crippen LogP contribution in [0.3, 0.4) is 0 Å². The van der Waals surface area contributed by atoms with Gasteiger partial charge in [-0.05, 0) is 62.3 Å². The largest absolute Gasteiger partial charge is 0.383 e. The van der Waals surface area contributed by atoms with Crippen LogP contribution in [-0.4, -0.2) is 42.2 Å². The van der Waals surface area contributed by atoms with Gasteiger partial charge in [-0.25, -0.2) is 9.98 Å². The molecule has 1 atom stereocenters. The standard InChI is InChI=1S/C21H31N5OS.HI/c1-3-22-20(25-16-21(2,27)18-8-7-13-28-18)24-15-17-9-10-23-19(14-17)26-11-5-4-6-12-26;/h7-10,13-14,27H,3-6,11-12,15-16H2,1-2H3,(H2,22,24,25);1H. The topological polar surface area (TPSA) is 72.8 Å². The quantitative estimate of drug-likeness (QED) is 0.290. The van der Waals surface area contributed by atoms with Gasteiger partial charge in [0.05, 0.1) is 13.1 Å². The van der Waals surface area contributed by atoms with Crippen molar-refractivity contribution in [2.75, 3.05) is 31.1 Å². The third-order valence-electron chi connectivity index (χ3n) is 4.91. The molecule has 29 heavy (non-hydrogen) atoms. The van der Waals surface area contributed by atoms with Crippen molar-refractivity contribution in [2.24, 2.45) is 4.99 Å². The van der Waals surface area contributed by atoms with E-state index in [1.807, 2.05) is 43.6 Å². The van der Waals surface area contributed by atoms with Crippen LogP contribution in [0, 0.1) is 0 Å². The normalized spacial score (nSPS) is 16.7. The monoisotopic (exact) mass is 529 g/mol. The van der Waals surface area contributed by atoms with Gasteiger partial charge in [0, 0.05) is 30.7 Å². The summed E-state index contributed by atoms with van der Waals surface area (Å²) < 4.78 is 0. The molecule has 3 N–H and O–H groups in total. The molecule has 2 aromatic heterocycles. The Morgan fingerprint density at radius 2 is 2.07 bits per heavy atom. The second-order valence-corrected chi connectivity index (χ2v) is 8.32. The Labute approximate surface area is 194 Å². The maximum Gasteiger partial charge on any atom is 0.191 e. The lowest BCUT2D eigenvalue weighted by Gasteiger charge is -2.27. The number of guanidine groups is 1. The van der Waals surface area contributed by atoms with E-state index >= 15 is 0 Å². The Hall–Kier alpha value is -1.39. The van der Waals surface area contributed by atoms with Crippen LogP contribution in [0.25, 0.3) is 0 Å². The lowest BCUT2D eigenvalue weighted by molar-refractivity contribution is 0.0655. The first-order chi connectivity index (χ1) is 13.6. The molecule has 1 aliphatic heterocycles. The first-order valence-electron chi connectivity index (χ1n) is 10.1. The Balaban J connectivity index is 0.00000300. The highest BCUT2D eigenvalue weighted by Crippen LogP contribution is 2.24. The molecule has 0 aromatic carbocycles. The van der Waals surface area contributed by atoms with Crippen molar-refractivity contribution in [3.05, 3.63) is 46.3 Å². The van der Waals surface area contributed by atoms with Crippen LogP contribution in [0.1, 0.15) is 43.6 Å². The molecule has 0 amide bonds. The van der Waals surface area contributed by atoms with E-state index in [4.69, 9.17) is 4.99 Å². The van der Waals surface area contributed by atoms with Gasteiger partial charge >= 0.3 is 0 Å². The molecule has 0 spiro atoms. The van der Waals surface area contributed by atoms with Crippen LogP contribution in [0.15, 0.2) is 40.8 Å². The summed E-state index contributed by atoms with van der Waals surface area (Å²) in [4.78, 5) is 12.5. The molecule has 160 valence electrons. The van der Waals surface area contributed by atoms with Gasteiger partial charge in [-0.2, -0.15) is 0 Å². The minimum atomic E-state index is -0.928. The van der Waals surface area contributed by atoms with Gasteiger partial charge in [0.1, 0.15) is 11.4 Å². The van der Waals surface area contributed by atoms with E-state index in [9.17, 15) is 5.11 Å². The van der Waals surface area contributed by atoms with Crippen LogP contribution in [0.2, 0.25) is 0 Å². The number of rotatable bonds is 7. The average Bonchev–Trinajstić information content (AvgIpc) is 3.27. The van der Waals surface area contributed by atoms with E-state index < -0.39 is 5.60 Å². The predicted octanol–water partition coefficient (Wildman–Crippen LogP) is 3.71. The number of pyridine rings is 1. The van der Waals surface area contributed by atoms with Crippen LogP contribution < -0.4 is 15.5 Å². The summed E-state index contributed by atoms with van der Waals surface area (Å²) in [6.45, 7) is 7.76. The van der Waals surface area contributed by atoms with Crippen molar-refractivity contribution in [3.8, 4) is 0 Å². The highest BCUT2D eigenvalue weighted by atomic mass is 127. The predicted molar refractivity (Wildman–Crippen MR) is 132 cm³/mol. The Morgan fingerprint density at radius 1 is 1.28 bits per heavy atom. The zero-order valence-electron chi connectivity index (χ0n) is 17.2. The molecule has 1 fully saturated rings. The molecule has 3 rings (SSSR count). The summed E-state index contributed by atoms with van der Waals surface area (Å²) in [5, 5.41) is 19.2. The van der Waals surface area contributed by atoms with Crippen LogP contribution in [0.5, 0.6) is 0 Å². The number of piperidine rings is 1. The molecule has 8 heteroatoms. The number of hydrogen-bond donors (Lipinski definition) is 3. The van der Waals surface area contributed by atoms with Gasteiger partial charge in [-0.1, -0.05) is 6.07 Å². The molecule has 1 unspecified atom stereocenters. The second-order valence-electron chi connectivity index (χ2n) is 7.37. The Morgan fingerprint density at radius 3 is 2.76 bits per heavy atom. The summed E-state index contributed by atoms with van der Waals surface area (Å²) in [6.07, 6.45) is 5.66. The number of aliphatic imine (C=N–C) groups is 1. The first kappa shape index (κ1) is 23.9. The summed E-state index contributed by atoms with van der Waals surface area (Å²) in [6, 6.07) is 8.06. The Bertz CT molecular complexity index is 760. The van der Waals surface area contributed by atoms with Gasteiger partial charge in [0.15, 0.2) is 5.96 Å². The van der Waals surface area contributed by atoms with Crippen molar-refractivity contribution in [2.45, 2.75) is 45.3 Å². The molecule has 1 aliphatic rings. The van der Waals surface area contributed by atoms with Gasteiger partial charge in [-0.3, -0.25) is 0 Å². The molecule has 0 saturated carbocycles. The molecule has 0 bridgehead atoms. The van der Waals surface area contributed by atoms with Gasteiger partial charge in [0.2, 0.25) is 0 Å². The van der Waals surface area contributed by atoms with E-state index in [1.54, 1.807) is 11.3 Å². The van der Waals surface area contributed by atoms with E-state index in [2.05, 4.69) is 26.6 Å². The molecular formula is C21H32IN5OS. The fourth-order valence-electron chi connectivity index (χ4n) is 3.29. The van der Waals surface area contributed by atoms with Crippen LogP contribution >= 0.6 is 35.3 Å². The smallest absolute Gasteiger partial charge is 0.191 e. The van der Waals surface area contributed by atoms with Gasteiger partial charge in [0.25, 0.3) is 0 Å². The lowest BCUT2D eigenvalue weighted by atomic mass is 10.1. The van der Waals surface area contributed by atoms with E-state index in [0.717, 1.165) is 35.9 Å². The number of aliphatic hydroxyl groups is 1. The molecule has 1 saturated heterocycles. The summed E-state index contributed by atoms with van der Waals surface area (Å²) >= 11 is 1.56. The third kappa shape index (κ3) is 7.11. The first-order valence-corrected chi connectivity index (χ1v) is 10.9. The van der Waals surface area contributed by atoms with Gasteiger partial charge < -0.3 is 20.6 Å². The van der Waals surface area contributed by atoms with E-state index in [0.29, 0.717) is 19.0 Å². The number of nitrogens with zero attached hydrogens (tertiary/aromatic N) is 3. The summed E-state index contributed by atoms with van der Waals surface area (Å²) in [5.41, 5.74) is 0.209. The fourth-order valence-corrected chi connectivity index (χ4v) is 4.08. The van der Waals surface area contributed by atoms with Crippen molar-refractivity contribution < 1.29 is 5.11 Å². The zero-order valence-corrected chi connectivity index (χ0v) is 20.4. The van der Waals surface area contributed by atoms with Crippen molar-refractivity contribution in [1.82, 2.24) is 15.6 Å². The van der Waals surface area contributed by atoms with Gasteiger partial charge in [-0.15, -0.1) is 35.3 Å². The van der Waals surface area contributed by atoms with Crippen LogP contribution in [-0.2, 0) is 12.1 Å². The minimum Gasteiger partial charge on any atom is -0.383 e. The average molecular weight is 529 g/mol. The van der Waals surface area contributed by atoms with Crippen molar-refractivity contribution >= 4 is 47.1 Å². The molecule has 2 aromatic rings. The highest BCUT2D eigenvalue weighted by Gasteiger charge is 2.24. The SMILES string of the molecule is CCNC(=NCc1ccnc(N2CCCCC2)c1)NCC(C)(O)c1cccs1.I. The maximum atomic E-state index is 10.7. The van der Waals surface area contributed by atoms with Crippen molar-refractivity contribution in [3.63, 3.8) is 0 Å². The second kappa shape index (κ2) is 11.7.